The molecule has 2 rings (SSSR count). The maximum Gasteiger partial charge on any atom is 0.330 e. The summed E-state index contributed by atoms with van der Waals surface area (Å²) in [5, 5.41) is 0. The molecule has 3 nitrogen and oxygen atoms in total. The van der Waals surface area contributed by atoms with Crippen molar-refractivity contribution in [1.82, 2.24) is 0 Å². The summed E-state index contributed by atoms with van der Waals surface area (Å²) in [6.07, 6.45) is 1.57. The van der Waals surface area contributed by atoms with E-state index >= 15 is 0 Å². The Bertz CT molecular complexity index is 456. The molecule has 0 amide bonds. The van der Waals surface area contributed by atoms with Crippen molar-refractivity contribution in [2.75, 3.05) is 6.61 Å². The second-order valence-electron chi connectivity index (χ2n) is 3.86. The van der Waals surface area contributed by atoms with Crippen molar-refractivity contribution in [2.24, 2.45) is 4.99 Å². The van der Waals surface area contributed by atoms with Crippen molar-refractivity contribution in [3.63, 3.8) is 0 Å². The lowest BCUT2D eigenvalue weighted by Crippen LogP contribution is -2.18. The fourth-order valence-corrected chi connectivity index (χ4v) is 2.41. The minimum absolute atomic E-state index is 0.213. The molecule has 1 aromatic carbocycles. The van der Waals surface area contributed by atoms with Gasteiger partial charge in [-0.1, -0.05) is 34.1 Å². The lowest BCUT2D eigenvalue weighted by atomic mass is 10.1. The standard InChI is InChI=1S/C13H14BrNO2/c1-2-17-13(16)12-8-7-11(15-12)9-5-3-4-6-10(9)14/h3-6,12H,2,7-8H2,1H3/t12-/m1/s1. The molecule has 1 aliphatic heterocycles. The van der Waals surface area contributed by atoms with Crippen molar-refractivity contribution < 1.29 is 9.53 Å². The predicted molar refractivity (Wildman–Crippen MR) is 70.3 cm³/mol. The smallest absolute Gasteiger partial charge is 0.330 e. The van der Waals surface area contributed by atoms with Crippen molar-refractivity contribution in [3.05, 3.63) is 34.3 Å². The van der Waals surface area contributed by atoms with E-state index in [9.17, 15) is 4.79 Å². The molecule has 0 fully saturated rings. The van der Waals surface area contributed by atoms with E-state index in [1.807, 2.05) is 31.2 Å². The van der Waals surface area contributed by atoms with Crippen LogP contribution < -0.4 is 0 Å². The van der Waals surface area contributed by atoms with Gasteiger partial charge in [-0.2, -0.15) is 0 Å². The number of carbonyl (C=O) groups is 1. The highest BCUT2D eigenvalue weighted by molar-refractivity contribution is 9.10. The van der Waals surface area contributed by atoms with Crippen molar-refractivity contribution in [1.29, 1.82) is 0 Å². The monoisotopic (exact) mass is 295 g/mol. The van der Waals surface area contributed by atoms with Gasteiger partial charge in [-0.25, -0.2) is 4.79 Å². The third-order valence-electron chi connectivity index (χ3n) is 2.71. The van der Waals surface area contributed by atoms with Gasteiger partial charge in [0.05, 0.1) is 6.61 Å². The van der Waals surface area contributed by atoms with Crippen LogP contribution in [0.25, 0.3) is 0 Å². The minimum atomic E-state index is -0.322. The Morgan fingerprint density at radius 3 is 3.00 bits per heavy atom. The average molecular weight is 296 g/mol. The minimum Gasteiger partial charge on any atom is -0.464 e. The van der Waals surface area contributed by atoms with E-state index in [0.29, 0.717) is 6.61 Å². The van der Waals surface area contributed by atoms with Crippen LogP contribution in [0.3, 0.4) is 0 Å². The van der Waals surface area contributed by atoms with Gasteiger partial charge in [0.25, 0.3) is 0 Å². The number of halogens is 1. The molecule has 0 bridgehead atoms. The zero-order valence-electron chi connectivity index (χ0n) is 9.65. The number of carbonyl (C=O) groups excluding carboxylic acids is 1. The molecule has 17 heavy (non-hydrogen) atoms. The molecule has 0 radical (unpaired) electrons. The first kappa shape index (κ1) is 12.3. The largest absolute Gasteiger partial charge is 0.464 e. The van der Waals surface area contributed by atoms with Crippen LogP contribution in [0.1, 0.15) is 25.3 Å². The number of aliphatic imine (C=N–C) groups is 1. The molecule has 1 heterocycles. The third-order valence-corrected chi connectivity index (χ3v) is 3.40. The Morgan fingerprint density at radius 1 is 1.53 bits per heavy atom. The van der Waals surface area contributed by atoms with E-state index < -0.39 is 0 Å². The Labute approximate surface area is 109 Å². The first-order chi connectivity index (χ1) is 8.22. The molecule has 4 heteroatoms. The SMILES string of the molecule is CCOC(=O)[C@H]1CCC(c2ccccc2Br)=N1. The molecule has 0 spiro atoms. The van der Waals surface area contributed by atoms with Crippen LogP contribution in [0.2, 0.25) is 0 Å². The van der Waals surface area contributed by atoms with Gasteiger partial charge in [0, 0.05) is 15.7 Å². The van der Waals surface area contributed by atoms with E-state index in [1.54, 1.807) is 0 Å². The summed E-state index contributed by atoms with van der Waals surface area (Å²) in [7, 11) is 0. The summed E-state index contributed by atoms with van der Waals surface area (Å²) in [6.45, 7) is 2.22. The van der Waals surface area contributed by atoms with E-state index in [1.165, 1.54) is 0 Å². The number of nitrogens with zero attached hydrogens (tertiary/aromatic N) is 1. The number of benzene rings is 1. The summed E-state index contributed by atoms with van der Waals surface area (Å²) < 4.78 is 6.00. The highest BCUT2D eigenvalue weighted by Crippen LogP contribution is 2.24. The van der Waals surface area contributed by atoms with Gasteiger partial charge in [0.2, 0.25) is 0 Å². The van der Waals surface area contributed by atoms with E-state index in [4.69, 9.17) is 4.74 Å². The summed E-state index contributed by atoms with van der Waals surface area (Å²) in [4.78, 5) is 16.0. The summed E-state index contributed by atoms with van der Waals surface area (Å²) in [6, 6.07) is 7.61. The van der Waals surface area contributed by atoms with Crippen LogP contribution >= 0.6 is 15.9 Å². The molecular weight excluding hydrogens is 282 g/mol. The highest BCUT2D eigenvalue weighted by Gasteiger charge is 2.26. The number of hydrogen-bond acceptors (Lipinski definition) is 3. The number of hydrogen-bond donors (Lipinski definition) is 0. The second kappa shape index (κ2) is 5.45. The molecule has 0 saturated heterocycles. The highest BCUT2D eigenvalue weighted by atomic mass is 79.9. The first-order valence-corrected chi connectivity index (χ1v) is 6.50. The predicted octanol–water partition coefficient (Wildman–Crippen LogP) is 2.96. The van der Waals surface area contributed by atoms with Crippen molar-refractivity contribution in [2.45, 2.75) is 25.8 Å². The molecular formula is C13H14BrNO2. The zero-order chi connectivity index (χ0) is 12.3. The molecule has 1 atom stereocenters. The lowest BCUT2D eigenvalue weighted by molar-refractivity contribution is -0.144. The van der Waals surface area contributed by atoms with Crippen LogP contribution in [0, 0.1) is 0 Å². The van der Waals surface area contributed by atoms with Crippen LogP contribution in [0.4, 0.5) is 0 Å². The summed E-state index contributed by atoms with van der Waals surface area (Å²) in [5.74, 6) is -0.213. The van der Waals surface area contributed by atoms with Gasteiger partial charge in [0.15, 0.2) is 0 Å². The molecule has 90 valence electrons. The zero-order valence-corrected chi connectivity index (χ0v) is 11.2. The Balaban J connectivity index is 2.17. The van der Waals surface area contributed by atoms with Gasteiger partial charge in [0.1, 0.15) is 6.04 Å². The molecule has 0 aromatic heterocycles. The lowest BCUT2D eigenvalue weighted by Gasteiger charge is -2.04. The van der Waals surface area contributed by atoms with Gasteiger partial charge in [-0.05, 0) is 25.8 Å². The Morgan fingerprint density at radius 2 is 2.29 bits per heavy atom. The molecule has 0 saturated carbocycles. The molecule has 1 aromatic rings. The maximum atomic E-state index is 11.6. The fraction of sp³-hybridized carbons (Fsp3) is 0.385. The number of rotatable bonds is 3. The van der Waals surface area contributed by atoms with E-state index in [2.05, 4.69) is 20.9 Å². The van der Waals surface area contributed by atoms with Crippen molar-refractivity contribution >= 4 is 27.6 Å². The van der Waals surface area contributed by atoms with Crippen molar-refractivity contribution in [3.8, 4) is 0 Å². The quantitative estimate of drug-likeness (QED) is 0.804. The average Bonchev–Trinajstić information content (AvgIpc) is 2.79. The molecule has 0 unspecified atom stereocenters. The van der Waals surface area contributed by atoms with Gasteiger partial charge >= 0.3 is 5.97 Å². The second-order valence-corrected chi connectivity index (χ2v) is 4.72. The van der Waals surface area contributed by atoms with E-state index in [0.717, 1.165) is 28.6 Å². The third kappa shape index (κ3) is 2.75. The normalized spacial score (nSPS) is 18.9. The Hall–Kier alpha value is -1.16. The van der Waals surface area contributed by atoms with Gasteiger partial charge in [-0.15, -0.1) is 0 Å². The van der Waals surface area contributed by atoms with Gasteiger partial charge < -0.3 is 4.74 Å². The fourth-order valence-electron chi connectivity index (χ4n) is 1.90. The van der Waals surface area contributed by atoms with Crippen LogP contribution in [0.5, 0.6) is 0 Å². The molecule has 0 aliphatic carbocycles. The maximum absolute atomic E-state index is 11.6. The Kier molecular flexibility index (Phi) is 3.94. The molecule has 1 aliphatic rings. The van der Waals surface area contributed by atoms with Crippen LogP contribution in [-0.4, -0.2) is 24.3 Å². The number of esters is 1. The summed E-state index contributed by atoms with van der Waals surface area (Å²) in [5.41, 5.74) is 2.05. The first-order valence-electron chi connectivity index (χ1n) is 5.70. The van der Waals surface area contributed by atoms with Gasteiger partial charge in [-0.3, -0.25) is 4.99 Å². The molecule has 0 N–H and O–H groups in total. The van der Waals surface area contributed by atoms with E-state index in [-0.39, 0.29) is 12.0 Å². The summed E-state index contributed by atoms with van der Waals surface area (Å²) >= 11 is 3.50. The van der Waals surface area contributed by atoms with Crippen LogP contribution in [0.15, 0.2) is 33.7 Å². The topological polar surface area (TPSA) is 38.7 Å². The van der Waals surface area contributed by atoms with Crippen LogP contribution in [-0.2, 0) is 9.53 Å². The number of ether oxygens (including phenoxy) is 1.